The van der Waals surface area contributed by atoms with Gasteiger partial charge in [-0.25, -0.2) is 8.78 Å². The average Bonchev–Trinajstić information content (AvgIpc) is 2.45. The van der Waals surface area contributed by atoms with Gasteiger partial charge in [-0.05, 0) is 42.8 Å². The van der Waals surface area contributed by atoms with Crippen molar-refractivity contribution in [1.82, 2.24) is 5.32 Å². The van der Waals surface area contributed by atoms with Gasteiger partial charge in [0.05, 0.1) is 0 Å². The van der Waals surface area contributed by atoms with E-state index in [1.165, 1.54) is 30.3 Å². The molecule has 0 fully saturated rings. The highest BCUT2D eigenvalue weighted by Gasteiger charge is 2.10. The van der Waals surface area contributed by atoms with Crippen molar-refractivity contribution in [2.24, 2.45) is 5.73 Å². The highest BCUT2D eigenvalue weighted by Crippen LogP contribution is 2.16. The van der Waals surface area contributed by atoms with E-state index in [2.05, 4.69) is 5.32 Å². The highest BCUT2D eigenvalue weighted by atomic mass is 19.1. The fourth-order valence-electron chi connectivity index (χ4n) is 2.02. The molecule has 110 valence electrons. The maximum atomic E-state index is 13.7. The summed E-state index contributed by atoms with van der Waals surface area (Å²) in [6.45, 7) is 2.06. The number of rotatable bonds is 5. The monoisotopic (exact) mass is 290 g/mol. The van der Waals surface area contributed by atoms with Crippen LogP contribution in [0.2, 0.25) is 0 Å². The summed E-state index contributed by atoms with van der Waals surface area (Å²) in [5, 5.41) is 3.09. The molecular formula is C16H16F2N2O. The number of hydrogen-bond acceptors (Lipinski definition) is 2. The molecule has 0 bridgehead atoms. The predicted octanol–water partition coefficient (Wildman–Crippen LogP) is 2.91. The third-order valence-electron chi connectivity index (χ3n) is 3.28. The lowest BCUT2D eigenvalue weighted by Gasteiger charge is -2.15. The summed E-state index contributed by atoms with van der Waals surface area (Å²) in [4.78, 5) is 11.1. The van der Waals surface area contributed by atoms with Crippen LogP contribution < -0.4 is 11.1 Å². The van der Waals surface area contributed by atoms with Gasteiger partial charge in [0.1, 0.15) is 11.6 Å². The van der Waals surface area contributed by atoms with Gasteiger partial charge in [0, 0.05) is 23.7 Å². The summed E-state index contributed by atoms with van der Waals surface area (Å²) in [5.74, 6) is -1.34. The number of nitrogens with one attached hydrogen (secondary N) is 1. The lowest BCUT2D eigenvalue weighted by atomic mass is 10.1. The topological polar surface area (TPSA) is 55.1 Å². The Morgan fingerprint density at radius 3 is 2.67 bits per heavy atom. The SMILES string of the molecule is C[C@@H](NCc1cc(C(N)=O)ccc1F)c1cccc(F)c1. The Bertz CT molecular complexity index is 658. The van der Waals surface area contributed by atoms with Crippen molar-refractivity contribution in [2.75, 3.05) is 0 Å². The second-order valence-electron chi connectivity index (χ2n) is 4.83. The summed E-state index contributed by atoms with van der Waals surface area (Å²) >= 11 is 0. The molecule has 0 aliphatic carbocycles. The molecule has 0 radical (unpaired) electrons. The highest BCUT2D eigenvalue weighted by molar-refractivity contribution is 5.92. The summed E-state index contributed by atoms with van der Waals surface area (Å²) in [6.07, 6.45) is 0. The third-order valence-corrected chi connectivity index (χ3v) is 3.28. The van der Waals surface area contributed by atoms with Gasteiger partial charge in [-0.3, -0.25) is 4.79 Å². The molecule has 0 heterocycles. The van der Waals surface area contributed by atoms with Crippen molar-refractivity contribution in [3.05, 3.63) is 70.8 Å². The molecule has 0 aromatic heterocycles. The fourth-order valence-corrected chi connectivity index (χ4v) is 2.02. The van der Waals surface area contributed by atoms with Crippen LogP contribution in [-0.2, 0) is 6.54 Å². The van der Waals surface area contributed by atoms with Gasteiger partial charge in [-0.1, -0.05) is 12.1 Å². The zero-order valence-corrected chi connectivity index (χ0v) is 11.6. The van der Waals surface area contributed by atoms with Crippen molar-refractivity contribution in [1.29, 1.82) is 0 Å². The first-order valence-electron chi connectivity index (χ1n) is 6.54. The van der Waals surface area contributed by atoms with Gasteiger partial charge < -0.3 is 11.1 Å². The van der Waals surface area contributed by atoms with Gasteiger partial charge in [-0.2, -0.15) is 0 Å². The lowest BCUT2D eigenvalue weighted by Crippen LogP contribution is -2.20. The number of halogens is 2. The molecule has 0 unspecified atom stereocenters. The molecule has 2 rings (SSSR count). The summed E-state index contributed by atoms with van der Waals surface area (Å²) in [5.41, 5.74) is 6.54. The van der Waals surface area contributed by atoms with E-state index >= 15 is 0 Å². The van der Waals surface area contributed by atoms with Crippen LogP contribution in [0.15, 0.2) is 42.5 Å². The molecule has 0 aliphatic rings. The van der Waals surface area contributed by atoms with E-state index in [0.29, 0.717) is 5.56 Å². The van der Waals surface area contributed by atoms with Crippen LogP contribution in [0.25, 0.3) is 0 Å². The fraction of sp³-hybridized carbons (Fsp3) is 0.188. The van der Waals surface area contributed by atoms with Gasteiger partial charge >= 0.3 is 0 Å². The summed E-state index contributed by atoms with van der Waals surface area (Å²) in [6, 6.07) is 10.0. The maximum absolute atomic E-state index is 13.7. The molecule has 3 N–H and O–H groups in total. The Labute approximate surface area is 121 Å². The molecule has 1 amide bonds. The number of amides is 1. The van der Waals surface area contributed by atoms with Gasteiger partial charge in [0.2, 0.25) is 5.91 Å². The zero-order valence-electron chi connectivity index (χ0n) is 11.6. The van der Waals surface area contributed by atoms with Crippen molar-refractivity contribution in [3.8, 4) is 0 Å². The predicted molar refractivity (Wildman–Crippen MR) is 76.6 cm³/mol. The second kappa shape index (κ2) is 6.45. The first-order chi connectivity index (χ1) is 9.97. The first kappa shape index (κ1) is 15.1. The minimum atomic E-state index is -0.602. The molecule has 0 saturated heterocycles. The Balaban J connectivity index is 2.09. The Kier molecular flexibility index (Phi) is 4.65. The average molecular weight is 290 g/mol. The third kappa shape index (κ3) is 3.86. The molecule has 0 saturated carbocycles. The second-order valence-corrected chi connectivity index (χ2v) is 4.83. The van der Waals surface area contributed by atoms with Crippen molar-refractivity contribution in [3.63, 3.8) is 0 Å². The van der Waals surface area contributed by atoms with Crippen molar-refractivity contribution in [2.45, 2.75) is 19.5 Å². The largest absolute Gasteiger partial charge is 0.366 e. The van der Waals surface area contributed by atoms with E-state index < -0.39 is 11.7 Å². The van der Waals surface area contributed by atoms with Crippen LogP contribution in [0.4, 0.5) is 8.78 Å². The molecule has 0 spiro atoms. The summed E-state index contributed by atoms with van der Waals surface area (Å²) < 4.78 is 26.9. The number of carbonyl (C=O) groups excluding carboxylic acids is 1. The zero-order chi connectivity index (χ0) is 15.4. The van der Waals surface area contributed by atoms with Crippen LogP contribution in [0.5, 0.6) is 0 Å². The van der Waals surface area contributed by atoms with Crippen LogP contribution in [0.1, 0.15) is 34.5 Å². The molecule has 3 nitrogen and oxygen atoms in total. The van der Waals surface area contributed by atoms with Crippen LogP contribution in [-0.4, -0.2) is 5.91 Å². The Morgan fingerprint density at radius 2 is 2.00 bits per heavy atom. The minimum Gasteiger partial charge on any atom is -0.366 e. The standard InChI is InChI=1S/C16H16F2N2O/c1-10(11-3-2-4-14(17)8-11)20-9-13-7-12(16(19)21)5-6-15(13)18/h2-8,10,20H,9H2,1H3,(H2,19,21)/t10-/m1/s1. The van der Waals surface area contributed by atoms with Gasteiger partial charge in [0.15, 0.2) is 0 Å². The maximum Gasteiger partial charge on any atom is 0.248 e. The van der Waals surface area contributed by atoms with E-state index in [0.717, 1.165) is 5.56 Å². The van der Waals surface area contributed by atoms with Gasteiger partial charge in [-0.15, -0.1) is 0 Å². The van der Waals surface area contributed by atoms with Crippen molar-refractivity contribution >= 4 is 5.91 Å². The quantitative estimate of drug-likeness (QED) is 0.889. The Hall–Kier alpha value is -2.27. The Morgan fingerprint density at radius 1 is 1.24 bits per heavy atom. The van der Waals surface area contributed by atoms with E-state index in [4.69, 9.17) is 5.73 Å². The molecule has 5 heteroatoms. The molecule has 1 atom stereocenters. The minimum absolute atomic E-state index is 0.155. The molecule has 2 aromatic carbocycles. The number of nitrogens with two attached hydrogens (primary N) is 1. The van der Waals surface area contributed by atoms with Gasteiger partial charge in [0.25, 0.3) is 0 Å². The van der Waals surface area contributed by atoms with E-state index in [1.54, 1.807) is 12.1 Å². The first-order valence-corrected chi connectivity index (χ1v) is 6.54. The van der Waals surface area contributed by atoms with E-state index in [9.17, 15) is 13.6 Å². The number of benzene rings is 2. The number of primary amides is 1. The number of hydrogen-bond donors (Lipinski definition) is 2. The smallest absolute Gasteiger partial charge is 0.248 e. The lowest BCUT2D eigenvalue weighted by molar-refractivity contribution is 0.1000. The van der Waals surface area contributed by atoms with E-state index in [1.807, 2.05) is 6.92 Å². The van der Waals surface area contributed by atoms with Crippen LogP contribution in [0, 0.1) is 11.6 Å². The van der Waals surface area contributed by atoms with Crippen molar-refractivity contribution < 1.29 is 13.6 Å². The molecule has 21 heavy (non-hydrogen) atoms. The molecule has 0 aliphatic heterocycles. The number of carbonyl (C=O) groups is 1. The summed E-state index contributed by atoms with van der Waals surface area (Å²) in [7, 11) is 0. The normalized spacial score (nSPS) is 12.1. The van der Waals surface area contributed by atoms with Crippen LogP contribution >= 0.6 is 0 Å². The van der Waals surface area contributed by atoms with E-state index in [-0.39, 0.29) is 24.0 Å². The molecular weight excluding hydrogens is 274 g/mol. The molecule has 2 aromatic rings. The van der Waals surface area contributed by atoms with Crippen LogP contribution in [0.3, 0.4) is 0 Å².